The number of hydrogen-bond acceptors (Lipinski definition) is 1. The highest BCUT2D eigenvalue weighted by molar-refractivity contribution is 5.18. The Bertz CT molecular complexity index is 383. The second kappa shape index (κ2) is 3.23. The zero-order valence-electron chi connectivity index (χ0n) is 7.01. The van der Waals surface area contributed by atoms with E-state index in [1.54, 1.807) is 12.1 Å². The summed E-state index contributed by atoms with van der Waals surface area (Å²) >= 11 is 0. The lowest BCUT2D eigenvalue weighted by atomic mass is 10.3. The van der Waals surface area contributed by atoms with Crippen LogP contribution in [0.1, 0.15) is 0 Å². The van der Waals surface area contributed by atoms with Crippen LogP contribution in [0, 0.1) is 0 Å². The van der Waals surface area contributed by atoms with Crippen LogP contribution in [0.15, 0.2) is 49.1 Å². The van der Waals surface area contributed by atoms with Crippen LogP contribution in [0.4, 0.5) is 0 Å². The van der Waals surface area contributed by atoms with Crippen molar-refractivity contribution in [3.63, 3.8) is 0 Å². The van der Waals surface area contributed by atoms with E-state index in [4.69, 9.17) is 5.11 Å². The molecule has 2 heterocycles. The molecule has 0 aliphatic rings. The Morgan fingerprint density at radius 3 is 2.23 bits per heavy atom. The summed E-state index contributed by atoms with van der Waals surface area (Å²) in [7, 11) is 0. The Morgan fingerprint density at radius 1 is 1.00 bits per heavy atom. The van der Waals surface area contributed by atoms with Crippen molar-refractivity contribution in [3.8, 4) is 11.4 Å². The highest BCUT2D eigenvalue weighted by atomic mass is 16.3. The van der Waals surface area contributed by atoms with Gasteiger partial charge < -0.3 is 5.11 Å². The minimum atomic E-state index is 0.277. The van der Waals surface area contributed by atoms with Gasteiger partial charge in [0.15, 0.2) is 24.8 Å². The van der Waals surface area contributed by atoms with E-state index in [2.05, 4.69) is 4.98 Å². The van der Waals surface area contributed by atoms with Crippen molar-refractivity contribution in [3.05, 3.63) is 49.1 Å². The monoisotopic (exact) mass is 174 g/mol. The summed E-state index contributed by atoms with van der Waals surface area (Å²) in [5.74, 6) is 0.277. The first-order valence-electron chi connectivity index (χ1n) is 4.03. The Labute approximate surface area is 75.9 Å². The molecular formula is C10H10N2O+2. The number of nitrogens with one attached hydrogen (secondary N) is 1. The van der Waals surface area contributed by atoms with E-state index in [9.17, 15) is 0 Å². The second-order valence-electron chi connectivity index (χ2n) is 2.72. The Hall–Kier alpha value is -1.90. The molecule has 64 valence electrons. The smallest absolute Gasteiger partial charge is 0.222 e. The minimum absolute atomic E-state index is 0.277. The van der Waals surface area contributed by atoms with Gasteiger partial charge in [-0.25, -0.2) is 4.98 Å². The normalized spacial score (nSPS) is 9.85. The first-order chi connectivity index (χ1) is 6.36. The Morgan fingerprint density at radius 2 is 1.62 bits per heavy atom. The van der Waals surface area contributed by atoms with E-state index in [-0.39, 0.29) is 5.75 Å². The lowest BCUT2D eigenvalue weighted by molar-refractivity contribution is -0.596. The summed E-state index contributed by atoms with van der Waals surface area (Å²) in [5, 5.41) is 9.08. The standard InChI is InChI=1S/C10H8N2O/c13-10-3-7-12(8-4-10)9-1-5-11-6-2-9/h1-8H/p+2. The summed E-state index contributed by atoms with van der Waals surface area (Å²) in [4.78, 5) is 2.95. The summed E-state index contributed by atoms with van der Waals surface area (Å²) in [6.07, 6.45) is 7.33. The van der Waals surface area contributed by atoms with Gasteiger partial charge in [-0.05, 0) is 0 Å². The molecule has 0 aromatic carbocycles. The molecule has 2 aromatic heterocycles. The number of aromatic hydroxyl groups is 1. The molecule has 0 fully saturated rings. The molecule has 0 amide bonds. The molecule has 0 bridgehead atoms. The fourth-order valence-corrected chi connectivity index (χ4v) is 1.14. The summed E-state index contributed by atoms with van der Waals surface area (Å²) in [6.45, 7) is 0. The van der Waals surface area contributed by atoms with Crippen LogP contribution < -0.4 is 9.55 Å². The van der Waals surface area contributed by atoms with Crippen molar-refractivity contribution in [2.75, 3.05) is 0 Å². The highest BCUT2D eigenvalue weighted by Crippen LogP contribution is 2.03. The molecule has 0 spiro atoms. The second-order valence-corrected chi connectivity index (χ2v) is 2.72. The van der Waals surface area contributed by atoms with Crippen LogP contribution >= 0.6 is 0 Å². The zero-order valence-corrected chi connectivity index (χ0v) is 7.01. The molecule has 13 heavy (non-hydrogen) atoms. The number of hydrogen-bond donors (Lipinski definition) is 1. The lowest BCUT2D eigenvalue weighted by Crippen LogP contribution is -2.29. The van der Waals surface area contributed by atoms with Gasteiger partial charge in [0.05, 0.1) is 12.1 Å². The third-order valence-corrected chi connectivity index (χ3v) is 1.81. The van der Waals surface area contributed by atoms with Gasteiger partial charge in [-0.15, -0.1) is 0 Å². The average Bonchev–Trinajstić information content (AvgIpc) is 2.20. The first kappa shape index (κ1) is 7.73. The third-order valence-electron chi connectivity index (χ3n) is 1.81. The van der Waals surface area contributed by atoms with Crippen LogP contribution in [0.5, 0.6) is 5.75 Å². The van der Waals surface area contributed by atoms with Gasteiger partial charge in [0.1, 0.15) is 5.75 Å². The van der Waals surface area contributed by atoms with Gasteiger partial charge in [0, 0.05) is 12.1 Å². The number of rotatable bonds is 1. The van der Waals surface area contributed by atoms with Gasteiger partial charge in [-0.3, -0.25) is 0 Å². The van der Waals surface area contributed by atoms with Crippen LogP contribution in [-0.4, -0.2) is 5.11 Å². The van der Waals surface area contributed by atoms with Crippen molar-refractivity contribution in [2.24, 2.45) is 0 Å². The van der Waals surface area contributed by atoms with Gasteiger partial charge >= 0.3 is 0 Å². The van der Waals surface area contributed by atoms with Gasteiger partial charge in [0.25, 0.3) is 0 Å². The summed E-state index contributed by atoms with van der Waals surface area (Å²) < 4.78 is 1.92. The fraction of sp³-hybridized carbons (Fsp3) is 0. The topological polar surface area (TPSA) is 38.2 Å². The summed E-state index contributed by atoms with van der Waals surface area (Å²) in [6, 6.07) is 7.21. The van der Waals surface area contributed by atoms with E-state index in [0.29, 0.717) is 0 Å². The molecule has 0 atom stereocenters. The number of nitrogens with zero attached hydrogens (tertiary/aromatic N) is 1. The maximum Gasteiger partial charge on any atom is 0.222 e. The quantitative estimate of drug-likeness (QED) is 0.627. The van der Waals surface area contributed by atoms with Crippen LogP contribution in [0.2, 0.25) is 0 Å². The van der Waals surface area contributed by atoms with Crippen molar-refractivity contribution >= 4 is 0 Å². The van der Waals surface area contributed by atoms with Crippen LogP contribution in [0.25, 0.3) is 5.69 Å². The molecule has 0 aliphatic heterocycles. The predicted octanol–water partition coefficient (Wildman–Crippen LogP) is 0.483. The van der Waals surface area contributed by atoms with Crippen LogP contribution in [-0.2, 0) is 0 Å². The van der Waals surface area contributed by atoms with E-state index >= 15 is 0 Å². The Balaban J connectivity index is 2.42. The van der Waals surface area contributed by atoms with E-state index in [1.165, 1.54) is 0 Å². The van der Waals surface area contributed by atoms with E-state index in [1.807, 2.05) is 41.5 Å². The number of aromatic amines is 1. The molecule has 2 aromatic rings. The fourth-order valence-electron chi connectivity index (χ4n) is 1.14. The largest absolute Gasteiger partial charge is 0.507 e. The van der Waals surface area contributed by atoms with Gasteiger partial charge in [-0.2, -0.15) is 4.57 Å². The number of aromatic nitrogens is 2. The minimum Gasteiger partial charge on any atom is -0.507 e. The number of H-pyrrole nitrogens is 1. The molecule has 0 radical (unpaired) electrons. The molecule has 0 unspecified atom stereocenters. The maximum atomic E-state index is 9.08. The lowest BCUT2D eigenvalue weighted by Gasteiger charge is -1.92. The van der Waals surface area contributed by atoms with Crippen molar-refractivity contribution in [1.82, 2.24) is 0 Å². The molecular weight excluding hydrogens is 164 g/mol. The summed E-state index contributed by atoms with van der Waals surface area (Å²) in [5.41, 5.74) is 1.05. The maximum absolute atomic E-state index is 9.08. The van der Waals surface area contributed by atoms with Crippen molar-refractivity contribution in [1.29, 1.82) is 0 Å². The van der Waals surface area contributed by atoms with Crippen LogP contribution in [0.3, 0.4) is 0 Å². The van der Waals surface area contributed by atoms with Crippen molar-refractivity contribution < 1.29 is 14.7 Å². The van der Waals surface area contributed by atoms with Gasteiger partial charge in [-0.1, -0.05) is 0 Å². The Kier molecular flexibility index (Phi) is 1.92. The molecule has 0 saturated heterocycles. The predicted molar refractivity (Wildman–Crippen MR) is 46.2 cm³/mol. The molecule has 0 saturated carbocycles. The number of pyridine rings is 2. The van der Waals surface area contributed by atoms with Gasteiger partial charge in [0.2, 0.25) is 5.69 Å². The molecule has 3 heteroatoms. The molecule has 3 nitrogen and oxygen atoms in total. The van der Waals surface area contributed by atoms with Crippen molar-refractivity contribution in [2.45, 2.75) is 0 Å². The third kappa shape index (κ3) is 1.64. The van der Waals surface area contributed by atoms with E-state index in [0.717, 1.165) is 5.69 Å². The average molecular weight is 174 g/mol. The molecule has 2 rings (SSSR count). The van der Waals surface area contributed by atoms with E-state index < -0.39 is 0 Å². The highest BCUT2D eigenvalue weighted by Gasteiger charge is 2.04. The molecule has 0 aliphatic carbocycles. The zero-order chi connectivity index (χ0) is 9.10. The first-order valence-corrected chi connectivity index (χ1v) is 4.03. The molecule has 2 N–H and O–H groups in total. The SMILES string of the molecule is Oc1cc[n+](-c2cc[nH+]cc2)cc1.